The number of allylic oxidation sites excluding steroid dienone is 3. The topological polar surface area (TPSA) is 107 Å². The Kier molecular flexibility index (Phi) is 9.93. The number of hydrogen-bond acceptors (Lipinski definition) is 5. The van der Waals surface area contributed by atoms with Crippen molar-refractivity contribution in [2.45, 2.75) is 39.9 Å². The number of Topliss-reactive ketones (excluding diaryl/α,β-unsaturated/α-hetero) is 1. The quantitative estimate of drug-likeness (QED) is 0.230. The molecule has 0 unspecified atom stereocenters. The highest BCUT2D eigenvalue weighted by Gasteiger charge is 2.39. The van der Waals surface area contributed by atoms with Crippen LogP contribution in [0.2, 0.25) is 5.02 Å². The van der Waals surface area contributed by atoms with E-state index in [2.05, 4.69) is 11.9 Å². The van der Waals surface area contributed by atoms with Gasteiger partial charge in [-0.3, -0.25) is 14.4 Å². The first-order valence-electron chi connectivity index (χ1n) is 11.3. The van der Waals surface area contributed by atoms with Crippen LogP contribution in [0.15, 0.2) is 72.4 Å². The summed E-state index contributed by atoms with van der Waals surface area (Å²) in [5, 5.41) is 22.4. The van der Waals surface area contributed by atoms with E-state index in [1.165, 1.54) is 28.7 Å². The fourth-order valence-electron chi connectivity index (χ4n) is 3.57. The van der Waals surface area contributed by atoms with Gasteiger partial charge in [-0.25, -0.2) is 0 Å². The number of ketones is 1. The number of benzene rings is 2. The Morgan fingerprint density at radius 1 is 1.17 bits per heavy atom. The van der Waals surface area contributed by atoms with Crippen molar-refractivity contribution >= 4 is 41.1 Å². The molecular formula is C28H31ClN2O5. The third-order valence-electron chi connectivity index (χ3n) is 5.76. The molecule has 3 rings (SSSR count). The average Bonchev–Trinajstić information content (AvgIpc) is 2.91. The lowest BCUT2D eigenvalue weighted by atomic mass is 10.0. The number of aliphatic hydroxyl groups is 2. The molecule has 1 aliphatic rings. The molecule has 0 spiro atoms. The maximum atomic E-state index is 12.2. The van der Waals surface area contributed by atoms with Gasteiger partial charge in [-0.05, 0) is 74.7 Å². The lowest BCUT2D eigenvalue weighted by Crippen LogP contribution is -2.38. The van der Waals surface area contributed by atoms with E-state index < -0.39 is 11.6 Å². The SMILES string of the molecule is C=C/C(C(=O)Nc1ccc(C)c(C)c1)=C(C)\C=C/C.O=CN1CCC(O)(O)C(=O)c2cc(Cl)ccc21. The highest BCUT2D eigenvalue weighted by molar-refractivity contribution is 6.31. The van der Waals surface area contributed by atoms with Gasteiger partial charge in [-0.1, -0.05) is 42.5 Å². The van der Waals surface area contributed by atoms with Crippen LogP contribution in [-0.4, -0.2) is 40.6 Å². The summed E-state index contributed by atoms with van der Waals surface area (Å²) < 4.78 is 0. The molecule has 2 aromatic rings. The number of carbonyl (C=O) groups excluding carboxylic acids is 3. The van der Waals surface area contributed by atoms with Crippen LogP contribution in [0.4, 0.5) is 11.4 Å². The first-order chi connectivity index (χ1) is 16.9. The summed E-state index contributed by atoms with van der Waals surface area (Å²) in [4.78, 5) is 36.2. The molecule has 0 saturated carbocycles. The smallest absolute Gasteiger partial charge is 0.255 e. The molecule has 0 fully saturated rings. The van der Waals surface area contributed by atoms with Gasteiger partial charge in [-0.15, -0.1) is 0 Å². The molecule has 0 atom stereocenters. The molecule has 190 valence electrons. The molecule has 0 bridgehead atoms. The number of nitrogens with one attached hydrogen (secondary N) is 1. The van der Waals surface area contributed by atoms with Crippen LogP contribution in [0, 0.1) is 13.8 Å². The first kappa shape index (κ1) is 28.7. The third kappa shape index (κ3) is 7.01. The maximum Gasteiger partial charge on any atom is 0.255 e. The number of fused-ring (bicyclic) bond motifs is 1. The van der Waals surface area contributed by atoms with Gasteiger partial charge < -0.3 is 20.4 Å². The maximum absolute atomic E-state index is 12.2. The molecule has 0 aliphatic carbocycles. The zero-order valence-corrected chi connectivity index (χ0v) is 21.6. The second kappa shape index (κ2) is 12.4. The van der Waals surface area contributed by atoms with Crippen LogP contribution < -0.4 is 10.2 Å². The zero-order valence-electron chi connectivity index (χ0n) is 20.8. The fourth-order valence-corrected chi connectivity index (χ4v) is 3.74. The Bertz CT molecular complexity index is 1230. The number of halogens is 1. The van der Waals surface area contributed by atoms with E-state index in [0.29, 0.717) is 22.7 Å². The normalized spacial score (nSPS) is 15.2. The van der Waals surface area contributed by atoms with Crippen molar-refractivity contribution in [3.8, 4) is 0 Å². The van der Waals surface area contributed by atoms with E-state index in [0.717, 1.165) is 16.8 Å². The van der Waals surface area contributed by atoms with Gasteiger partial charge >= 0.3 is 0 Å². The van der Waals surface area contributed by atoms with Crippen molar-refractivity contribution in [3.63, 3.8) is 0 Å². The van der Waals surface area contributed by atoms with Gasteiger partial charge in [-0.2, -0.15) is 0 Å². The van der Waals surface area contributed by atoms with Gasteiger partial charge in [0.1, 0.15) is 0 Å². The van der Waals surface area contributed by atoms with E-state index in [-0.39, 0.29) is 24.4 Å². The highest BCUT2D eigenvalue weighted by Crippen LogP contribution is 2.31. The summed E-state index contributed by atoms with van der Waals surface area (Å²) in [5.41, 5.74) is 5.04. The van der Waals surface area contributed by atoms with Crippen LogP contribution in [-0.2, 0) is 9.59 Å². The molecule has 7 nitrogen and oxygen atoms in total. The van der Waals surface area contributed by atoms with Gasteiger partial charge in [0.25, 0.3) is 5.91 Å². The predicted molar refractivity (Wildman–Crippen MR) is 143 cm³/mol. The molecule has 8 heteroatoms. The molecule has 0 saturated heterocycles. The highest BCUT2D eigenvalue weighted by atomic mass is 35.5. The molecule has 2 amide bonds. The average molecular weight is 511 g/mol. The van der Waals surface area contributed by atoms with Crippen LogP contribution in [0.3, 0.4) is 0 Å². The number of nitrogens with zero attached hydrogens (tertiary/aromatic N) is 1. The molecular weight excluding hydrogens is 480 g/mol. The zero-order chi connectivity index (χ0) is 27.0. The van der Waals surface area contributed by atoms with Crippen molar-refractivity contribution < 1.29 is 24.6 Å². The lowest BCUT2D eigenvalue weighted by molar-refractivity contribution is -0.124. The summed E-state index contributed by atoms with van der Waals surface area (Å²) in [7, 11) is 0. The van der Waals surface area contributed by atoms with E-state index in [4.69, 9.17) is 11.6 Å². The molecule has 2 aromatic carbocycles. The summed E-state index contributed by atoms with van der Waals surface area (Å²) >= 11 is 5.76. The van der Waals surface area contributed by atoms with Crippen molar-refractivity contribution in [2.75, 3.05) is 16.8 Å². The summed E-state index contributed by atoms with van der Waals surface area (Å²) in [6, 6.07) is 10.2. The molecule has 36 heavy (non-hydrogen) atoms. The second-order valence-electron chi connectivity index (χ2n) is 8.41. The largest absolute Gasteiger partial charge is 0.359 e. The van der Waals surface area contributed by atoms with Gasteiger partial charge in [0.2, 0.25) is 18.0 Å². The lowest BCUT2D eigenvalue weighted by Gasteiger charge is -2.17. The van der Waals surface area contributed by atoms with Crippen LogP contribution >= 0.6 is 11.6 Å². The van der Waals surface area contributed by atoms with Crippen molar-refractivity contribution in [2.24, 2.45) is 0 Å². The third-order valence-corrected chi connectivity index (χ3v) is 5.99. The first-order valence-corrected chi connectivity index (χ1v) is 11.7. The summed E-state index contributed by atoms with van der Waals surface area (Å²) in [6.07, 6.45) is 5.70. The monoisotopic (exact) mass is 510 g/mol. The standard InChI is InChI=1S/C17H21NO.C11H10ClNO4/c1-6-8-13(4)16(7-2)17(19)18-15-10-9-12(3)14(5)11-15;12-7-1-2-9-8(5-7)10(15)11(16,17)3-4-13(9)6-14/h6-11H,2H2,1,3-5H3,(H,18,19);1-2,5-6,16-17H,3-4H2/b8-6-,16-13+;. The van der Waals surface area contributed by atoms with Gasteiger partial charge in [0, 0.05) is 34.8 Å². The van der Waals surface area contributed by atoms with Crippen molar-refractivity contribution in [1.29, 1.82) is 0 Å². The number of aryl methyl sites for hydroxylation is 2. The Labute approximate surface area is 216 Å². The number of rotatable bonds is 5. The Morgan fingerprint density at radius 3 is 2.44 bits per heavy atom. The van der Waals surface area contributed by atoms with Crippen molar-refractivity contribution in [3.05, 3.63) is 94.1 Å². The minimum Gasteiger partial charge on any atom is -0.359 e. The van der Waals surface area contributed by atoms with E-state index in [1.807, 2.05) is 58.0 Å². The van der Waals surface area contributed by atoms with Gasteiger partial charge in [0.15, 0.2) is 0 Å². The molecule has 0 radical (unpaired) electrons. The number of hydrogen-bond donors (Lipinski definition) is 3. The Morgan fingerprint density at radius 2 is 1.86 bits per heavy atom. The van der Waals surface area contributed by atoms with E-state index in [1.54, 1.807) is 6.08 Å². The minimum absolute atomic E-state index is 0.0344. The van der Waals surface area contributed by atoms with E-state index >= 15 is 0 Å². The molecule has 0 aromatic heterocycles. The minimum atomic E-state index is -2.46. The van der Waals surface area contributed by atoms with Crippen LogP contribution in [0.5, 0.6) is 0 Å². The molecule has 3 N–H and O–H groups in total. The Hall–Kier alpha value is -3.52. The van der Waals surface area contributed by atoms with E-state index in [9.17, 15) is 24.6 Å². The molecule has 1 aliphatic heterocycles. The van der Waals surface area contributed by atoms with Crippen molar-refractivity contribution in [1.82, 2.24) is 0 Å². The van der Waals surface area contributed by atoms with Crippen LogP contribution in [0.1, 0.15) is 41.8 Å². The van der Waals surface area contributed by atoms with Gasteiger partial charge in [0.05, 0.1) is 5.69 Å². The Balaban J connectivity index is 0.000000255. The number of anilines is 2. The van der Waals surface area contributed by atoms with Crippen LogP contribution in [0.25, 0.3) is 0 Å². The predicted octanol–water partition coefficient (Wildman–Crippen LogP) is 4.89. The second-order valence-corrected chi connectivity index (χ2v) is 8.85. The summed E-state index contributed by atoms with van der Waals surface area (Å²) in [5.74, 6) is -3.44. The summed E-state index contributed by atoms with van der Waals surface area (Å²) in [6.45, 7) is 11.7. The number of carbonyl (C=O) groups is 3. The number of amides is 2. The fraction of sp³-hybridized carbons (Fsp3) is 0.250. The molecule has 1 heterocycles.